The van der Waals surface area contributed by atoms with Crippen molar-refractivity contribution < 1.29 is 19.1 Å². The van der Waals surface area contributed by atoms with Crippen molar-refractivity contribution in [2.75, 3.05) is 19.6 Å². The molecule has 176 valence electrons. The molecule has 32 heavy (non-hydrogen) atoms. The van der Waals surface area contributed by atoms with Crippen LogP contribution in [0.2, 0.25) is 0 Å². The highest BCUT2D eigenvalue weighted by Gasteiger charge is 2.37. The van der Waals surface area contributed by atoms with E-state index in [9.17, 15) is 14.4 Å². The zero-order valence-electron chi connectivity index (χ0n) is 19.6. The maximum absolute atomic E-state index is 13.0. The van der Waals surface area contributed by atoms with Crippen molar-refractivity contribution in [1.82, 2.24) is 20.7 Å². The zero-order chi connectivity index (χ0) is 23.3. The monoisotopic (exact) mass is 444 g/mol. The Morgan fingerprint density at radius 1 is 1.16 bits per heavy atom. The summed E-state index contributed by atoms with van der Waals surface area (Å²) in [5.74, 6) is 0.109. The molecule has 2 aliphatic rings. The highest BCUT2D eigenvalue weighted by atomic mass is 16.6. The molecular weight excluding hydrogens is 408 g/mol. The van der Waals surface area contributed by atoms with Crippen molar-refractivity contribution in [2.45, 2.75) is 71.6 Å². The Morgan fingerprint density at radius 3 is 2.56 bits per heavy atom. The van der Waals surface area contributed by atoms with Gasteiger partial charge in [0.25, 0.3) is 5.91 Å². The third kappa shape index (κ3) is 6.95. The summed E-state index contributed by atoms with van der Waals surface area (Å²) >= 11 is 0. The molecule has 2 fully saturated rings. The number of likely N-dealkylation sites (tertiary alicyclic amines) is 1. The van der Waals surface area contributed by atoms with Crippen molar-refractivity contribution in [3.63, 3.8) is 0 Å². The molecule has 0 aromatic heterocycles. The molecule has 8 nitrogen and oxygen atoms in total. The number of carbonyl (C=O) groups excluding carboxylic acids is 3. The first kappa shape index (κ1) is 24.0. The minimum atomic E-state index is -0.528. The quantitative estimate of drug-likeness (QED) is 0.704. The number of hydrogen-bond acceptors (Lipinski definition) is 5. The third-order valence-electron chi connectivity index (χ3n) is 5.83. The van der Waals surface area contributed by atoms with Gasteiger partial charge in [0.15, 0.2) is 0 Å². The average molecular weight is 445 g/mol. The number of hydrazine groups is 1. The van der Waals surface area contributed by atoms with E-state index in [1.807, 2.05) is 57.0 Å². The van der Waals surface area contributed by atoms with Crippen LogP contribution >= 0.6 is 0 Å². The van der Waals surface area contributed by atoms with E-state index in [2.05, 4.69) is 10.7 Å². The molecular formula is C24H36N4O4. The predicted octanol–water partition coefficient (Wildman–Crippen LogP) is 2.75. The molecule has 2 atom stereocenters. The van der Waals surface area contributed by atoms with Gasteiger partial charge < -0.3 is 15.0 Å². The number of nitrogens with zero attached hydrogens (tertiary/aromatic N) is 2. The van der Waals surface area contributed by atoms with E-state index in [1.165, 1.54) is 0 Å². The summed E-state index contributed by atoms with van der Waals surface area (Å²) in [6.45, 7) is 9.88. The molecule has 2 heterocycles. The van der Waals surface area contributed by atoms with Crippen LogP contribution in [0.15, 0.2) is 24.3 Å². The summed E-state index contributed by atoms with van der Waals surface area (Å²) in [5, 5.41) is 4.75. The molecule has 2 N–H and O–H groups in total. The first-order chi connectivity index (χ1) is 15.1. The largest absolute Gasteiger partial charge is 0.444 e. The Balaban J connectivity index is 1.51. The van der Waals surface area contributed by atoms with Crippen LogP contribution in [0.25, 0.3) is 0 Å². The van der Waals surface area contributed by atoms with Gasteiger partial charge in [0.2, 0.25) is 5.91 Å². The number of amides is 3. The minimum Gasteiger partial charge on any atom is -0.444 e. The molecule has 2 aliphatic heterocycles. The van der Waals surface area contributed by atoms with E-state index in [0.29, 0.717) is 32.5 Å². The Bertz CT molecular complexity index is 818. The normalized spacial score (nSPS) is 22.0. The minimum absolute atomic E-state index is 0.0174. The highest BCUT2D eigenvalue weighted by Crippen LogP contribution is 2.23. The lowest BCUT2D eigenvalue weighted by atomic mass is 9.99. The molecule has 2 unspecified atom stereocenters. The fourth-order valence-corrected chi connectivity index (χ4v) is 4.20. The fraction of sp³-hybridized carbons (Fsp3) is 0.625. The van der Waals surface area contributed by atoms with Gasteiger partial charge in [-0.25, -0.2) is 9.80 Å². The van der Waals surface area contributed by atoms with Crippen molar-refractivity contribution >= 4 is 17.9 Å². The van der Waals surface area contributed by atoms with Crippen molar-refractivity contribution in [3.05, 3.63) is 35.4 Å². The Labute approximate surface area is 190 Å². The van der Waals surface area contributed by atoms with Gasteiger partial charge >= 0.3 is 6.09 Å². The summed E-state index contributed by atoms with van der Waals surface area (Å²) < 4.78 is 5.29. The van der Waals surface area contributed by atoms with Crippen molar-refractivity contribution in [2.24, 2.45) is 5.92 Å². The molecule has 0 aliphatic carbocycles. The third-order valence-corrected chi connectivity index (χ3v) is 5.83. The molecule has 3 amide bonds. The number of alkyl carbamates (subject to hydrolysis) is 1. The molecule has 1 aromatic rings. The summed E-state index contributed by atoms with van der Waals surface area (Å²) in [6.07, 6.45) is 2.41. The number of ether oxygens (including phenoxy) is 1. The molecule has 3 rings (SSSR count). The second-order valence-electron chi connectivity index (χ2n) is 9.87. The lowest BCUT2D eigenvalue weighted by Gasteiger charge is -2.34. The van der Waals surface area contributed by atoms with Crippen LogP contribution in [0.3, 0.4) is 0 Å². The van der Waals surface area contributed by atoms with Crippen molar-refractivity contribution in [1.29, 1.82) is 0 Å². The number of piperidine rings is 1. The summed E-state index contributed by atoms with van der Waals surface area (Å²) in [5.41, 5.74) is 4.68. The number of hydrogen-bond donors (Lipinski definition) is 2. The van der Waals surface area contributed by atoms with E-state index in [4.69, 9.17) is 4.74 Å². The van der Waals surface area contributed by atoms with Gasteiger partial charge in [-0.2, -0.15) is 0 Å². The standard InChI is InChI=1S/C24H36N4O4/c1-17-7-9-18(10-8-17)16-28-20(11-12-21(28)29)22(30)26-27-13-5-6-19(15-27)14-25-23(31)32-24(2,3)4/h7-10,19-20H,5-6,11-16H2,1-4H3,(H,25,31)(H,26,30). The van der Waals surface area contributed by atoms with Gasteiger partial charge in [-0.3, -0.25) is 15.0 Å². The maximum Gasteiger partial charge on any atom is 0.407 e. The average Bonchev–Trinajstić information content (AvgIpc) is 3.07. The smallest absolute Gasteiger partial charge is 0.407 e. The van der Waals surface area contributed by atoms with Gasteiger partial charge in [-0.05, 0) is 58.4 Å². The Morgan fingerprint density at radius 2 is 1.88 bits per heavy atom. The SMILES string of the molecule is Cc1ccc(CN2C(=O)CCC2C(=O)NN2CCCC(CNC(=O)OC(C)(C)C)C2)cc1. The number of carbonyl (C=O) groups is 3. The summed E-state index contributed by atoms with van der Waals surface area (Å²) in [7, 11) is 0. The highest BCUT2D eigenvalue weighted by molar-refractivity contribution is 5.90. The van der Waals surface area contributed by atoms with Crippen LogP contribution < -0.4 is 10.7 Å². The molecule has 1 aromatic carbocycles. The van der Waals surface area contributed by atoms with Gasteiger partial charge in [0, 0.05) is 32.6 Å². The van der Waals surface area contributed by atoms with E-state index < -0.39 is 17.7 Å². The maximum atomic E-state index is 13.0. The summed E-state index contributed by atoms with van der Waals surface area (Å²) in [6, 6.07) is 7.59. The first-order valence-electron chi connectivity index (χ1n) is 11.5. The molecule has 0 spiro atoms. The first-order valence-corrected chi connectivity index (χ1v) is 11.5. The van der Waals surface area contributed by atoms with Crippen LogP contribution in [0.5, 0.6) is 0 Å². The van der Waals surface area contributed by atoms with E-state index in [-0.39, 0.29) is 17.7 Å². The molecule has 0 radical (unpaired) electrons. The van der Waals surface area contributed by atoms with Crippen LogP contribution in [0.1, 0.15) is 57.6 Å². The number of nitrogens with one attached hydrogen (secondary N) is 2. The molecule has 2 saturated heterocycles. The van der Waals surface area contributed by atoms with Gasteiger partial charge in [-0.1, -0.05) is 29.8 Å². The van der Waals surface area contributed by atoms with Crippen LogP contribution in [0.4, 0.5) is 4.79 Å². The number of rotatable bonds is 6. The number of aryl methyl sites for hydroxylation is 1. The Kier molecular flexibility index (Phi) is 7.77. The van der Waals surface area contributed by atoms with Crippen LogP contribution in [0, 0.1) is 12.8 Å². The predicted molar refractivity (Wildman–Crippen MR) is 121 cm³/mol. The second-order valence-corrected chi connectivity index (χ2v) is 9.87. The molecule has 8 heteroatoms. The zero-order valence-corrected chi connectivity index (χ0v) is 19.6. The Hall–Kier alpha value is -2.61. The molecule has 0 saturated carbocycles. The summed E-state index contributed by atoms with van der Waals surface area (Å²) in [4.78, 5) is 39.0. The van der Waals surface area contributed by atoms with Gasteiger partial charge in [0.05, 0.1) is 0 Å². The lowest BCUT2D eigenvalue weighted by molar-refractivity contribution is -0.138. The van der Waals surface area contributed by atoms with E-state index in [0.717, 1.165) is 30.5 Å². The van der Waals surface area contributed by atoms with E-state index >= 15 is 0 Å². The van der Waals surface area contributed by atoms with Crippen molar-refractivity contribution in [3.8, 4) is 0 Å². The topological polar surface area (TPSA) is 91.0 Å². The number of benzene rings is 1. The second kappa shape index (κ2) is 10.3. The van der Waals surface area contributed by atoms with Gasteiger partial charge in [0.1, 0.15) is 11.6 Å². The van der Waals surface area contributed by atoms with Crippen LogP contribution in [-0.2, 0) is 20.9 Å². The fourth-order valence-electron chi connectivity index (χ4n) is 4.20. The van der Waals surface area contributed by atoms with E-state index in [1.54, 1.807) is 4.90 Å². The van der Waals surface area contributed by atoms with Gasteiger partial charge in [-0.15, -0.1) is 0 Å². The molecule has 0 bridgehead atoms. The van der Waals surface area contributed by atoms with Crippen LogP contribution in [-0.4, -0.2) is 59.1 Å². The lowest BCUT2D eigenvalue weighted by Crippen LogP contribution is -2.54.